The van der Waals surface area contributed by atoms with Crippen LogP contribution in [-0.2, 0) is 10.0 Å². The first-order chi connectivity index (χ1) is 15.8. The Kier molecular flexibility index (Phi) is 6.87. The quantitative estimate of drug-likeness (QED) is 0.485. The summed E-state index contributed by atoms with van der Waals surface area (Å²) in [4.78, 5) is 15.5. The van der Waals surface area contributed by atoms with Crippen molar-refractivity contribution < 1.29 is 13.3 Å². The minimum atomic E-state index is -3.84. The van der Waals surface area contributed by atoms with Crippen molar-refractivity contribution in [2.45, 2.75) is 31.6 Å². The minimum absolute atomic E-state index is 0.0576. The maximum absolute atomic E-state index is 13.3. The third-order valence-electron chi connectivity index (χ3n) is 6.52. The number of rotatable bonds is 7. The number of hydrogen-bond acceptors (Lipinski definition) is 7. The zero-order valence-corrected chi connectivity index (χ0v) is 20.0. The summed E-state index contributed by atoms with van der Waals surface area (Å²) >= 11 is 0. The molecule has 1 N–H and O–H groups in total. The molecule has 2 aliphatic rings. The Morgan fingerprint density at radius 1 is 0.970 bits per heavy atom. The smallest absolute Gasteiger partial charge is 0.270 e. The fraction of sp³-hybridized carbons (Fsp3) is 0.478. The largest absolute Gasteiger partial charge is 0.369 e. The fourth-order valence-corrected chi connectivity index (χ4v) is 6.14. The molecule has 0 aliphatic carbocycles. The topological polar surface area (TPSA) is 99.0 Å². The van der Waals surface area contributed by atoms with E-state index in [-0.39, 0.29) is 10.6 Å². The summed E-state index contributed by atoms with van der Waals surface area (Å²) in [5.41, 5.74) is 3.00. The predicted molar refractivity (Wildman–Crippen MR) is 130 cm³/mol. The number of benzene rings is 2. The highest BCUT2D eigenvalue weighted by molar-refractivity contribution is 7.89. The Balaban J connectivity index is 1.61. The molecule has 33 heavy (non-hydrogen) atoms. The number of nitrogens with one attached hydrogen (secondary N) is 1. The van der Waals surface area contributed by atoms with Crippen molar-refractivity contribution in [2.24, 2.45) is 0 Å². The van der Waals surface area contributed by atoms with Gasteiger partial charge in [-0.15, -0.1) is 0 Å². The van der Waals surface area contributed by atoms with Gasteiger partial charge in [-0.25, -0.2) is 8.42 Å². The number of sulfonamides is 1. The number of aryl methyl sites for hydroxylation is 1. The second-order valence-corrected chi connectivity index (χ2v) is 10.5. The Morgan fingerprint density at radius 3 is 2.24 bits per heavy atom. The lowest BCUT2D eigenvalue weighted by Gasteiger charge is -2.35. The Hall–Kier alpha value is -2.69. The molecule has 2 heterocycles. The van der Waals surface area contributed by atoms with Crippen LogP contribution >= 0.6 is 0 Å². The minimum Gasteiger partial charge on any atom is -0.369 e. The lowest BCUT2D eigenvalue weighted by atomic mass is 10.1. The zero-order valence-electron chi connectivity index (χ0n) is 19.2. The summed E-state index contributed by atoms with van der Waals surface area (Å²) in [5.74, 6) is 0. The summed E-state index contributed by atoms with van der Waals surface area (Å²) < 4.78 is 27.9. The van der Waals surface area contributed by atoms with Crippen LogP contribution in [0.5, 0.6) is 0 Å². The molecule has 2 fully saturated rings. The number of anilines is 3. The number of likely N-dealkylation sites (N-methyl/N-ethyl adjacent to an activating group) is 1. The van der Waals surface area contributed by atoms with E-state index in [1.165, 1.54) is 16.4 Å². The molecule has 2 aromatic rings. The SMILES string of the molecule is CCN1CCN(c2ccc(Nc3ccc([N+](=O)[O-])cc3S(=O)(=O)N3CCCC3)c(C)c2)CC1. The summed E-state index contributed by atoms with van der Waals surface area (Å²) in [7, 11) is -3.84. The molecule has 0 bridgehead atoms. The van der Waals surface area contributed by atoms with E-state index in [4.69, 9.17) is 0 Å². The van der Waals surface area contributed by atoms with Crippen molar-refractivity contribution in [3.05, 3.63) is 52.1 Å². The molecule has 0 spiro atoms. The van der Waals surface area contributed by atoms with E-state index < -0.39 is 14.9 Å². The van der Waals surface area contributed by atoms with Crippen molar-refractivity contribution in [3.63, 3.8) is 0 Å². The van der Waals surface area contributed by atoms with Crippen LogP contribution < -0.4 is 10.2 Å². The van der Waals surface area contributed by atoms with Gasteiger partial charge in [0.1, 0.15) is 4.90 Å². The lowest BCUT2D eigenvalue weighted by molar-refractivity contribution is -0.385. The van der Waals surface area contributed by atoms with Crippen LogP contribution in [0.15, 0.2) is 41.3 Å². The molecule has 2 saturated heterocycles. The van der Waals surface area contributed by atoms with E-state index in [1.54, 1.807) is 0 Å². The van der Waals surface area contributed by atoms with E-state index >= 15 is 0 Å². The van der Waals surface area contributed by atoms with Gasteiger partial charge in [-0.05, 0) is 56.1 Å². The van der Waals surface area contributed by atoms with Crippen LogP contribution in [0.3, 0.4) is 0 Å². The van der Waals surface area contributed by atoms with Crippen molar-refractivity contribution >= 4 is 32.8 Å². The number of piperazine rings is 1. The van der Waals surface area contributed by atoms with Crippen LogP contribution in [-0.4, -0.2) is 68.4 Å². The average molecular weight is 474 g/mol. The molecule has 9 nitrogen and oxygen atoms in total. The molecule has 4 rings (SSSR count). The van der Waals surface area contributed by atoms with Crippen molar-refractivity contribution in [1.29, 1.82) is 0 Å². The molecule has 10 heteroatoms. The summed E-state index contributed by atoms with van der Waals surface area (Å²) in [6.45, 7) is 10.1. The number of nitro groups is 1. The molecule has 2 aromatic carbocycles. The molecule has 0 amide bonds. The Bertz CT molecular complexity index is 1120. The third-order valence-corrected chi connectivity index (χ3v) is 8.46. The summed E-state index contributed by atoms with van der Waals surface area (Å²) in [5, 5.41) is 14.5. The monoisotopic (exact) mass is 473 g/mol. The highest BCUT2D eigenvalue weighted by atomic mass is 32.2. The van der Waals surface area contributed by atoms with Crippen LogP contribution in [0.4, 0.5) is 22.7 Å². The van der Waals surface area contributed by atoms with E-state index in [0.717, 1.165) is 68.6 Å². The van der Waals surface area contributed by atoms with Crippen LogP contribution in [0.2, 0.25) is 0 Å². The van der Waals surface area contributed by atoms with Gasteiger partial charge in [0.15, 0.2) is 0 Å². The van der Waals surface area contributed by atoms with Crippen molar-refractivity contribution in [2.75, 3.05) is 56.0 Å². The van der Waals surface area contributed by atoms with Gasteiger partial charge in [-0.3, -0.25) is 10.1 Å². The molecule has 0 unspecified atom stereocenters. The van der Waals surface area contributed by atoms with Crippen LogP contribution in [0.25, 0.3) is 0 Å². The normalized spacial score (nSPS) is 17.9. The second kappa shape index (κ2) is 9.66. The number of nitro benzene ring substituents is 1. The average Bonchev–Trinajstić information content (AvgIpc) is 3.36. The van der Waals surface area contributed by atoms with Crippen molar-refractivity contribution in [3.8, 4) is 0 Å². The maximum atomic E-state index is 13.3. The number of non-ortho nitro benzene ring substituents is 1. The maximum Gasteiger partial charge on any atom is 0.270 e. The van der Waals surface area contributed by atoms with Crippen molar-refractivity contribution in [1.82, 2.24) is 9.21 Å². The molecule has 178 valence electrons. The van der Waals surface area contributed by atoms with Gasteiger partial charge in [0.05, 0.1) is 10.6 Å². The highest BCUT2D eigenvalue weighted by Crippen LogP contribution is 2.34. The molecule has 0 atom stereocenters. The van der Waals surface area contributed by atoms with E-state index in [1.807, 2.05) is 19.1 Å². The van der Waals surface area contributed by atoms with E-state index in [2.05, 4.69) is 28.1 Å². The Labute approximate surface area is 195 Å². The zero-order chi connectivity index (χ0) is 23.6. The van der Waals surface area contributed by atoms with E-state index in [0.29, 0.717) is 18.8 Å². The highest BCUT2D eigenvalue weighted by Gasteiger charge is 2.31. The molecular formula is C23H31N5O4S. The first-order valence-corrected chi connectivity index (χ1v) is 12.9. The Morgan fingerprint density at radius 2 is 1.64 bits per heavy atom. The number of nitrogens with zero attached hydrogens (tertiary/aromatic N) is 4. The summed E-state index contributed by atoms with van der Waals surface area (Å²) in [6.07, 6.45) is 1.59. The predicted octanol–water partition coefficient (Wildman–Crippen LogP) is 3.57. The van der Waals surface area contributed by atoms with Gasteiger partial charge in [0.2, 0.25) is 10.0 Å². The molecule has 0 saturated carbocycles. The van der Waals surface area contributed by atoms with Gasteiger partial charge >= 0.3 is 0 Å². The standard InChI is InChI=1S/C23H31N5O4S/c1-3-25-12-14-26(15-13-25)19-6-8-21(18(2)16-19)24-22-9-7-20(28(29)30)17-23(22)33(31,32)27-10-4-5-11-27/h6-9,16-17,24H,3-5,10-15H2,1-2H3. The number of hydrogen-bond donors (Lipinski definition) is 1. The van der Waals surface area contributed by atoms with Gasteiger partial charge in [0, 0.05) is 62.8 Å². The van der Waals surface area contributed by atoms with Gasteiger partial charge in [-0.1, -0.05) is 6.92 Å². The first-order valence-electron chi connectivity index (χ1n) is 11.4. The molecular weight excluding hydrogens is 442 g/mol. The third kappa shape index (κ3) is 4.97. The fourth-order valence-electron chi connectivity index (χ4n) is 4.46. The van der Waals surface area contributed by atoms with Crippen LogP contribution in [0, 0.1) is 17.0 Å². The lowest BCUT2D eigenvalue weighted by Crippen LogP contribution is -2.46. The second-order valence-electron chi connectivity index (χ2n) is 8.59. The van der Waals surface area contributed by atoms with Gasteiger partial charge in [0.25, 0.3) is 5.69 Å². The van der Waals surface area contributed by atoms with Crippen LogP contribution in [0.1, 0.15) is 25.3 Å². The van der Waals surface area contributed by atoms with Gasteiger partial charge in [-0.2, -0.15) is 4.31 Å². The van der Waals surface area contributed by atoms with Gasteiger partial charge < -0.3 is 15.1 Å². The molecule has 0 radical (unpaired) electrons. The molecule has 0 aromatic heterocycles. The first kappa shape index (κ1) is 23.5. The molecule has 2 aliphatic heterocycles. The summed E-state index contributed by atoms with van der Waals surface area (Å²) in [6, 6.07) is 10.1. The van der Waals surface area contributed by atoms with E-state index in [9.17, 15) is 18.5 Å².